The van der Waals surface area contributed by atoms with Crippen molar-refractivity contribution in [2.75, 3.05) is 0 Å². The van der Waals surface area contributed by atoms with E-state index < -0.39 is 11.8 Å². The molecule has 0 aliphatic carbocycles. The zero-order chi connectivity index (χ0) is 22.5. The number of carboxylic acid groups (broad SMARTS) is 1. The first-order chi connectivity index (χ1) is 15.5. The van der Waals surface area contributed by atoms with Crippen LogP contribution in [0.4, 0.5) is 0 Å². The summed E-state index contributed by atoms with van der Waals surface area (Å²) in [7, 11) is 0. The van der Waals surface area contributed by atoms with Gasteiger partial charge in [0.2, 0.25) is 0 Å². The maximum atomic E-state index is 12.3. The predicted molar refractivity (Wildman–Crippen MR) is 121 cm³/mol. The van der Waals surface area contributed by atoms with Crippen LogP contribution in [0, 0.1) is 0 Å². The minimum atomic E-state index is -1.17. The normalized spacial score (nSPS) is 11.0. The third-order valence-electron chi connectivity index (χ3n) is 4.86. The smallest absolute Gasteiger partial charge is 0.335 e. The van der Waals surface area contributed by atoms with Crippen LogP contribution in [-0.2, 0) is 6.61 Å². The molecular weight excluding hydrogens is 406 g/mol. The molecule has 3 aromatic carbocycles. The largest absolute Gasteiger partial charge is 0.507 e. The summed E-state index contributed by atoms with van der Waals surface area (Å²) in [5.41, 5.74) is 2.47. The second-order valence-electron chi connectivity index (χ2n) is 7.09. The van der Waals surface area contributed by atoms with Crippen molar-refractivity contribution >= 4 is 28.7 Å². The van der Waals surface area contributed by atoms with Gasteiger partial charge in [-0.25, -0.2) is 9.78 Å². The molecule has 1 heterocycles. The number of benzene rings is 3. The molecule has 0 aliphatic rings. The summed E-state index contributed by atoms with van der Waals surface area (Å²) in [6, 6.07) is 22.7. The number of ether oxygens (including phenoxy) is 1. The van der Waals surface area contributed by atoms with E-state index >= 15 is 0 Å². The van der Waals surface area contributed by atoms with Gasteiger partial charge in [0.1, 0.15) is 18.1 Å². The number of nitrogens with zero attached hydrogens (tertiary/aromatic N) is 1. The number of pyridine rings is 1. The lowest BCUT2D eigenvalue weighted by atomic mass is 10.1. The fraction of sp³-hybridized carbons (Fsp3) is 0.0385. The Morgan fingerprint density at radius 1 is 0.938 bits per heavy atom. The van der Waals surface area contributed by atoms with E-state index in [9.17, 15) is 14.7 Å². The molecule has 0 fully saturated rings. The van der Waals surface area contributed by atoms with E-state index in [1.165, 1.54) is 18.2 Å². The highest BCUT2D eigenvalue weighted by Gasteiger charge is 2.11. The lowest BCUT2D eigenvalue weighted by Crippen LogP contribution is -2.00. The van der Waals surface area contributed by atoms with E-state index in [0.29, 0.717) is 12.4 Å². The summed E-state index contributed by atoms with van der Waals surface area (Å²) in [6.45, 7) is 0.337. The van der Waals surface area contributed by atoms with Crippen LogP contribution >= 0.6 is 0 Å². The summed E-state index contributed by atoms with van der Waals surface area (Å²) < 4.78 is 5.80. The van der Waals surface area contributed by atoms with Crippen LogP contribution < -0.4 is 4.74 Å². The quantitative estimate of drug-likeness (QED) is 0.315. The Morgan fingerprint density at radius 2 is 1.72 bits per heavy atom. The van der Waals surface area contributed by atoms with Gasteiger partial charge in [0, 0.05) is 5.39 Å². The molecule has 0 aliphatic heterocycles. The number of aromatic hydroxyl groups is 1. The SMILES string of the molecule is O=C(O)c1ccc(C(=O)/C=C/c2ccc(OCc3ccc4ccccc4n3)cc2)c(O)c1. The van der Waals surface area contributed by atoms with Crippen LogP contribution in [0.25, 0.3) is 17.0 Å². The van der Waals surface area contributed by atoms with Crippen molar-refractivity contribution < 1.29 is 24.5 Å². The first-order valence-electron chi connectivity index (χ1n) is 9.86. The number of aromatic nitrogens is 1. The van der Waals surface area contributed by atoms with Crippen molar-refractivity contribution in [1.82, 2.24) is 4.98 Å². The molecule has 1 aromatic heterocycles. The van der Waals surface area contributed by atoms with Crippen LogP contribution in [0.1, 0.15) is 32.0 Å². The number of rotatable bonds is 7. The molecular formula is C26H19NO5. The van der Waals surface area contributed by atoms with Crippen LogP contribution in [-0.4, -0.2) is 26.9 Å². The van der Waals surface area contributed by atoms with E-state index in [-0.39, 0.29) is 16.9 Å². The minimum Gasteiger partial charge on any atom is -0.507 e. The topological polar surface area (TPSA) is 96.7 Å². The number of hydrogen-bond donors (Lipinski definition) is 2. The fourth-order valence-corrected chi connectivity index (χ4v) is 3.16. The van der Waals surface area contributed by atoms with Crippen molar-refractivity contribution in [2.24, 2.45) is 0 Å². The number of carbonyl (C=O) groups excluding carboxylic acids is 1. The lowest BCUT2D eigenvalue weighted by Gasteiger charge is -2.07. The summed E-state index contributed by atoms with van der Waals surface area (Å²) in [5.74, 6) is -1.30. The third kappa shape index (κ3) is 4.82. The summed E-state index contributed by atoms with van der Waals surface area (Å²) >= 11 is 0. The van der Waals surface area contributed by atoms with E-state index in [2.05, 4.69) is 4.98 Å². The van der Waals surface area contributed by atoms with Gasteiger partial charge in [-0.05, 0) is 54.1 Å². The number of ketones is 1. The Bertz CT molecular complexity index is 1330. The molecule has 0 amide bonds. The van der Waals surface area contributed by atoms with Crippen LogP contribution in [0.5, 0.6) is 11.5 Å². The summed E-state index contributed by atoms with van der Waals surface area (Å²) in [5, 5.41) is 19.9. The van der Waals surface area contributed by atoms with E-state index in [1.807, 2.05) is 36.4 Å². The van der Waals surface area contributed by atoms with Crippen LogP contribution in [0.15, 0.2) is 84.9 Å². The maximum absolute atomic E-state index is 12.3. The average molecular weight is 425 g/mol. The van der Waals surface area contributed by atoms with E-state index in [4.69, 9.17) is 9.84 Å². The maximum Gasteiger partial charge on any atom is 0.335 e. The van der Waals surface area contributed by atoms with Gasteiger partial charge < -0.3 is 14.9 Å². The predicted octanol–water partition coefficient (Wildman–Crippen LogP) is 5.11. The first kappa shape index (κ1) is 20.8. The first-order valence-corrected chi connectivity index (χ1v) is 9.86. The van der Waals surface area contributed by atoms with Gasteiger partial charge in [0.15, 0.2) is 5.78 Å². The van der Waals surface area contributed by atoms with E-state index in [0.717, 1.165) is 28.2 Å². The van der Waals surface area contributed by atoms with Gasteiger partial charge in [-0.3, -0.25) is 4.79 Å². The lowest BCUT2D eigenvalue weighted by molar-refractivity contribution is 0.0696. The van der Waals surface area contributed by atoms with Crippen molar-refractivity contribution in [2.45, 2.75) is 6.61 Å². The Morgan fingerprint density at radius 3 is 2.47 bits per heavy atom. The Balaban J connectivity index is 1.38. The molecule has 0 unspecified atom stereocenters. The van der Waals surface area contributed by atoms with Gasteiger partial charge in [0.25, 0.3) is 0 Å². The molecule has 4 rings (SSSR count). The Kier molecular flexibility index (Phi) is 5.94. The molecule has 2 N–H and O–H groups in total. The minimum absolute atomic E-state index is 0.0362. The highest BCUT2D eigenvalue weighted by Crippen LogP contribution is 2.21. The number of carbonyl (C=O) groups is 2. The number of carboxylic acids is 1. The molecule has 6 nitrogen and oxygen atoms in total. The number of fused-ring (bicyclic) bond motifs is 1. The summed E-state index contributed by atoms with van der Waals surface area (Å²) in [6.07, 6.45) is 2.94. The van der Waals surface area contributed by atoms with Gasteiger partial charge in [0.05, 0.1) is 22.3 Å². The van der Waals surface area contributed by atoms with E-state index in [1.54, 1.807) is 30.3 Å². The number of allylic oxidation sites excluding steroid dienone is 1. The molecule has 0 atom stereocenters. The Labute approximate surface area is 184 Å². The monoisotopic (exact) mass is 425 g/mol. The molecule has 4 aromatic rings. The number of aromatic carboxylic acids is 1. The number of phenols is 1. The standard InChI is InChI=1S/C26H19NO5/c28-24(22-13-9-19(26(30)31)15-25(22)29)14-7-17-5-11-21(12-6-17)32-16-20-10-8-18-3-1-2-4-23(18)27-20/h1-15,29H,16H2,(H,30,31)/b14-7+. The number of phenolic OH excluding ortho intramolecular Hbond substituents is 1. The second-order valence-corrected chi connectivity index (χ2v) is 7.09. The van der Waals surface area contributed by atoms with Gasteiger partial charge in [-0.2, -0.15) is 0 Å². The number of hydrogen-bond acceptors (Lipinski definition) is 5. The second kappa shape index (κ2) is 9.14. The molecule has 0 bridgehead atoms. The molecule has 0 saturated heterocycles. The molecule has 6 heteroatoms. The fourth-order valence-electron chi connectivity index (χ4n) is 3.16. The van der Waals surface area contributed by atoms with Crippen molar-refractivity contribution in [1.29, 1.82) is 0 Å². The zero-order valence-electron chi connectivity index (χ0n) is 16.9. The van der Waals surface area contributed by atoms with Crippen molar-refractivity contribution in [3.05, 3.63) is 107 Å². The van der Waals surface area contributed by atoms with Crippen LogP contribution in [0.3, 0.4) is 0 Å². The Hall–Kier alpha value is -4.45. The van der Waals surface area contributed by atoms with Crippen molar-refractivity contribution in [3.8, 4) is 11.5 Å². The molecule has 0 radical (unpaired) electrons. The number of para-hydroxylation sites is 1. The van der Waals surface area contributed by atoms with Gasteiger partial charge >= 0.3 is 5.97 Å². The van der Waals surface area contributed by atoms with Gasteiger partial charge in [-0.1, -0.05) is 42.5 Å². The summed E-state index contributed by atoms with van der Waals surface area (Å²) in [4.78, 5) is 27.8. The molecule has 0 spiro atoms. The molecule has 32 heavy (non-hydrogen) atoms. The van der Waals surface area contributed by atoms with Crippen molar-refractivity contribution in [3.63, 3.8) is 0 Å². The highest BCUT2D eigenvalue weighted by molar-refractivity contribution is 6.09. The average Bonchev–Trinajstić information content (AvgIpc) is 2.81. The van der Waals surface area contributed by atoms with Crippen LogP contribution in [0.2, 0.25) is 0 Å². The molecule has 158 valence electrons. The highest BCUT2D eigenvalue weighted by atomic mass is 16.5. The van der Waals surface area contributed by atoms with Gasteiger partial charge in [-0.15, -0.1) is 0 Å². The molecule has 0 saturated carbocycles. The zero-order valence-corrected chi connectivity index (χ0v) is 16.9. The third-order valence-corrected chi connectivity index (χ3v) is 4.86.